The number of halogens is 1. The molecule has 5 nitrogen and oxygen atoms in total. The van der Waals surface area contributed by atoms with Crippen molar-refractivity contribution in [2.75, 3.05) is 33.4 Å². The third kappa shape index (κ3) is 4.87. The van der Waals surface area contributed by atoms with E-state index in [1.165, 1.54) is 50.1 Å². The van der Waals surface area contributed by atoms with E-state index in [1.807, 2.05) is 18.2 Å². The average molecular weight is 471 g/mol. The maximum absolute atomic E-state index is 12.3. The molecule has 33 heavy (non-hydrogen) atoms. The van der Waals surface area contributed by atoms with Crippen LogP contribution in [0.5, 0.6) is 0 Å². The lowest BCUT2D eigenvalue weighted by Crippen LogP contribution is -2.52. The molecule has 1 unspecified atom stereocenters. The third-order valence-corrected chi connectivity index (χ3v) is 8.39. The topological polar surface area (TPSA) is 50.8 Å². The molecule has 1 amide bonds. The van der Waals surface area contributed by atoms with Gasteiger partial charge in [-0.3, -0.25) is 4.79 Å². The van der Waals surface area contributed by atoms with Crippen LogP contribution in [0, 0.1) is 5.92 Å². The molecular formula is C27H35ClN2O3. The van der Waals surface area contributed by atoms with Crippen LogP contribution in [0.15, 0.2) is 36.1 Å². The van der Waals surface area contributed by atoms with Crippen molar-refractivity contribution in [1.82, 2.24) is 10.2 Å². The zero-order chi connectivity index (χ0) is 22.8. The van der Waals surface area contributed by atoms with E-state index in [4.69, 9.17) is 21.1 Å². The number of fused-ring (bicyclic) bond motifs is 1. The smallest absolute Gasteiger partial charge is 0.252 e. The molecule has 1 aromatic rings. The summed E-state index contributed by atoms with van der Waals surface area (Å²) in [6.45, 7) is 3.32. The number of rotatable bonds is 6. The molecule has 1 aromatic carbocycles. The van der Waals surface area contributed by atoms with Crippen molar-refractivity contribution in [3.63, 3.8) is 0 Å². The Morgan fingerprint density at radius 1 is 1.21 bits per heavy atom. The molecule has 2 saturated heterocycles. The summed E-state index contributed by atoms with van der Waals surface area (Å²) in [7, 11) is 1.61. The fourth-order valence-corrected chi connectivity index (χ4v) is 5.99. The van der Waals surface area contributed by atoms with Gasteiger partial charge in [0, 0.05) is 38.7 Å². The molecule has 5 rings (SSSR count). The van der Waals surface area contributed by atoms with Gasteiger partial charge >= 0.3 is 0 Å². The van der Waals surface area contributed by atoms with Crippen molar-refractivity contribution in [2.24, 2.45) is 5.92 Å². The minimum atomic E-state index is -0.169. The number of allylic oxidation sites excluding steroid dienone is 4. The first kappa shape index (κ1) is 22.9. The fraction of sp³-hybridized carbons (Fsp3) is 0.593. The van der Waals surface area contributed by atoms with Gasteiger partial charge in [0.1, 0.15) is 11.4 Å². The van der Waals surface area contributed by atoms with Gasteiger partial charge in [0.2, 0.25) is 0 Å². The highest BCUT2D eigenvalue weighted by Gasteiger charge is 2.44. The Morgan fingerprint density at radius 3 is 2.73 bits per heavy atom. The molecule has 0 aromatic heterocycles. The fourth-order valence-electron chi connectivity index (χ4n) is 5.73. The summed E-state index contributed by atoms with van der Waals surface area (Å²) >= 11 is 6.48. The van der Waals surface area contributed by atoms with E-state index < -0.39 is 0 Å². The molecule has 4 aliphatic rings. The number of nitrogens with one attached hydrogen (secondary N) is 1. The molecule has 2 heterocycles. The van der Waals surface area contributed by atoms with Gasteiger partial charge in [0.25, 0.3) is 5.91 Å². The second kappa shape index (κ2) is 9.81. The molecule has 3 fully saturated rings. The Hall–Kier alpha value is -1.82. The number of piperidine rings is 1. The van der Waals surface area contributed by atoms with Crippen LogP contribution in [0.2, 0.25) is 5.02 Å². The van der Waals surface area contributed by atoms with E-state index in [0.29, 0.717) is 29.7 Å². The lowest BCUT2D eigenvalue weighted by atomic mass is 9.76. The normalized spacial score (nSPS) is 24.8. The summed E-state index contributed by atoms with van der Waals surface area (Å²) in [5.74, 6) is 1.44. The number of ether oxygens (including phenoxy) is 2. The molecule has 178 valence electrons. The summed E-state index contributed by atoms with van der Waals surface area (Å²) in [5.41, 5.74) is 2.89. The van der Waals surface area contributed by atoms with Crippen LogP contribution in [0.25, 0.3) is 5.57 Å². The molecule has 1 spiro atoms. The van der Waals surface area contributed by atoms with Crippen LogP contribution in [0.3, 0.4) is 0 Å². The zero-order valence-electron chi connectivity index (χ0n) is 19.6. The van der Waals surface area contributed by atoms with Crippen molar-refractivity contribution < 1.29 is 14.3 Å². The largest absolute Gasteiger partial charge is 0.491 e. The van der Waals surface area contributed by atoms with Crippen molar-refractivity contribution >= 4 is 23.1 Å². The summed E-state index contributed by atoms with van der Waals surface area (Å²) in [6.07, 6.45) is 14.2. The first-order valence-electron chi connectivity index (χ1n) is 12.5. The van der Waals surface area contributed by atoms with E-state index in [0.717, 1.165) is 37.3 Å². The molecule has 1 saturated carbocycles. The second-order valence-corrected chi connectivity index (χ2v) is 10.5. The number of methoxy groups -OCH3 is 1. The van der Waals surface area contributed by atoms with Crippen LogP contribution in [0.1, 0.15) is 67.3 Å². The Bertz CT molecular complexity index is 945. The van der Waals surface area contributed by atoms with Crippen LogP contribution in [-0.4, -0.2) is 55.8 Å². The highest BCUT2D eigenvalue weighted by atomic mass is 35.5. The number of hydrogen-bond acceptors (Lipinski definition) is 4. The lowest BCUT2D eigenvalue weighted by molar-refractivity contribution is -0.0969. The van der Waals surface area contributed by atoms with Crippen molar-refractivity contribution in [3.05, 3.63) is 52.3 Å². The van der Waals surface area contributed by atoms with E-state index >= 15 is 0 Å². The van der Waals surface area contributed by atoms with Crippen molar-refractivity contribution in [3.8, 4) is 0 Å². The minimum absolute atomic E-state index is 0.0507. The molecule has 6 heteroatoms. The van der Waals surface area contributed by atoms with E-state index in [-0.39, 0.29) is 11.5 Å². The SMILES string of the molecule is COCCNC(=O)c1ccc(C2=CC=C3OC4(CCC3C2)CCN(C2CCC2)CC4)cc1Cl. The number of carbonyl (C=O) groups excluding carboxylic acids is 1. The van der Waals surface area contributed by atoms with Crippen LogP contribution < -0.4 is 5.32 Å². The number of amides is 1. The van der Waals surface area contributed by atoms with E-state index in [1.54, 1.807) is 7.11 Å². The van der Waals surface area contributed by atoms with E-state index in [2.05, 4.69) is 22.4 Å². The maximum Gasteiger partial charge on any atom is 0.252 e. The highest BCUT2D eigenvalue weighted by molar-refractivity contribution is 6.34. The second-order valence-electron chi connectivity index (χ2n) is 10.0. The zero-order valence-corrected chi connectivity index (χ0v) is 20.3. The molecule has 2 aliphatic carbocycles. The first-order chi connectivity index (χ1) is 16.1. The van der Waals surface area contributed by atoms with Crippen molar-refractivity contribution in [1.29, 1.82) is 0 Å². The average Bonchev–Trinajstić information content (AvgIpc) is 2.79. The Labute approximate surface area is 202 Å². The Morgan fingerprint density at radius 2 is 2.03 bits per heavy atom. The number of benzene rings is 1. The number of hydrogen-bond donors (Lipinski definition) is 1. The monoisotopic (exact) mass is 470 g/mol. The van der Waals surface area contributed by atoms with Gasteiger partial charge in [-0.05, 0) is 74.3 Å². The third-order valence-electron chi connectivity index (χ3n) is 8.08. The summed E-state index contributed by atoms with van der Waals surface area (Å²) in [6, 6.07) is 6.58. The molecule has 0 bridgehead atoms. The number of carbonyl (C=O) groups is 1. The summed E-state index contributed by atoms with van der Waals surface area (Å²) in [5, 5.41) is 3.31. The van der Waals surface area contributed by atoms with Crippen LogP contribution >= 0.6 is 11.6 Å². The lowest BCUT2D eigenvalue weighted by Gasteiger charge is -2.50. The highest BCUT2D eigenvalue weighted by Crippen LogP contribution is 2.46. The molecule has 1 atom stereocenters. The van der Waals surface area contributed by atoms with Gasteiger partial charge < -0.3 is 19.7 Å². The van der Waals surface area contributed by atoms with Crippen molar-refractivity contribution in [2.45, 2.75) is 63.0 Å². The molecule has 1 N–H and O–H groups in total. The van der Waals surface area contributed by atoms with Gasteiger partial charge in [0.15, 0.2) is 0 Å². The Balaban J connectivity index is 1.23. The number of likely N-dealkylation sites (tertiary alicyclic amines) is 1. The quantitative estimate of drug-likeness (QED) is 0.580. The Kier molecular flexibility index (Phi) is 6.82. The minimum Gasteiger partial charge on any atom is -0.491 e. The number of nitrogens with zero attached hydrogens (tertiary/aromatic N) is 1. The van der Waals surface area contributed by atoms with Crippen LogP contribution in [-0.2, 0) is 9.47 Å². The standard InChI is InChI=1S/C27H35ClN2O3/c1-32-16-13-29-26(31)23-7-5-20(18-24(23)28)19-6-8-25-21(17-19)9-10-27(33-25)11-14-30(15-12-27)22-3-2-4-22/h5-8,18,21-22H,2-4,9-17H2,1H3,(H,29,31). The summed E-state index contributed by atoms with van der Waals surface area (Å²) in [4.78, 5) is 15.0. The predicted molar refractivity (Wildman–Crippen MR) is 131 cm³/mol. The maximum atomic E-state index is 12.3. The van der Waals surface area contributed by atoms with Gasteiger partial charge in [-0.15, -0.1) is 0 Å². The molecule has 0 radical (unpaired) electrons. The van der Waals surface area contributed by atoms with E-state index in [9.17, 15) is 4.79 Å². The van der Waals surface area contributed by atoms with Gasteiger partial charge in [-0.1, -0.05) is 30.2 Å². The van der Waals surface area contributed by atoms with Gasteiger partial charge in [-0.25, -0.2) is 0 Å². The molecule has 2 aliphatic heterocycles. The first-order valence-corrected chi connectivity index (χ1v) is 12.9. The van der Waals surface area contributed by atoms with Crippen LogP contribution in [0.4, 0.5) is 0 Å². The summed E-state index contributed by atoms with van der Waals surface area (Å²) < 4.78 is 11.7. The predicted octanol–water partition coefficient (Wildman–Crippen LogP) is 5.20. The molecular weight excluding hydrogens is 436 g/mol. The van der Waals surface area contributed by atoms with Gasteiger partial charge in [0.05, 0.1) is 17.2 Å². The van der Waals surface area contributed by atoms with Gasteiger partial charge in [-0.2, -0.15) is 0 Å².